The summed E-state index contributed by atoms with van der Waals surface area (Å²) in [6.45, 7) is 13.7. The van der Waals surface area contributed by atoms with Crippen LogP contribution in [0.4, 0.5) is 14.9 Å². The normalized spacial score (nSPS) is 20.7. The molecule has 0 aliphatic carbocycles. The van der Waals surface area contributed by atoms with E-state index in [1.807, 2.05) is 44.9 Å². The molecular weight excluding hydrogens is 599 g/mol. The number of hydrogen-bond donors (Lipinski definition) is 0. The van der Waals surface area contributed by atoms with Gasteiger partial charge in [-0.05, 0) is 75.6 Å². The minimum absolute atomic E-state index is 0.0711. The van der Waals surface area contributed by atoms with Crippen molar-refractivity contribution in [2.75, 3.05) is 37.6 Å². The maximum absolute atomic E-state index is 14.2. The van der Waals surface area contributed by atoms with E-state index in [4.69, 9.17) is 9.72 Å². The lowest BCUT2D eigenvalue weighted by Crippen LogP contribution is -2.63. The third kappa shape index (κ3) is 6.86. The summed E-state index contributed by atoms with van der Waals surface area (Å²) >= 11 is 0. The highest BCUT2D eigenvalue weighted by Crippen LogP contribution is 2.40. The van der Waals surface area contributed by atoms with Crippen molar-refractivity contribution >= 4 is 23.6 Å². The number of carbonyl (C=O) groups is 3. The lowest BCUT2D eigenvalue weighted by molar-refractivity contribution is -0.121. The number of rotatable bonds is 6. The van der Waals surface area contributed by atoms with Crippen molar-refractivity contribution in [1.82, 2.24) is 24.7 Å². The van der Waals surface area contributed by atoms with Crippen LogP contribution >= 0.6 is 0 Å². The second-order valence-corrected chi connectivity index (χ2v) is 14.6. The Morgan fingerprint density at radius 1 is 1.06 bits per heavy atom. The van der Waals surface area contributed by atoms with Crippen molar-refractivity contribution in [3.05, 3.63) is 88.8 Å². The maximum Gasteiger partial charge on any atom is 0.410 e. The molecule has 47 heavy (non-hydrogen) atoms. The number of ether oxygens (including phenoxy) is 1. The molecule has 0 saturated carbocycles. The van der Waals surface area contributed by atoms with Gasteiger partial charge in [-0.2, -0.15) is 0 Å². The number of aromatic nitrogens is 2. The summed E-state index contributed by atoms with van der Waals surface area (Å²) in [5.74, 6) is -0.454. The Morgan fingerprint density at radius 2 is 1.81 bits per heavy atom. The summed E-state index contributed by atoms with van der Waals surface area (Å²) in [5, 5.41) is 0. The Morgan fingerprint density at radius 3 is 2.51 bits per heavy atom. The molecule has 1 saturated heterocycles. The van der Waals surface area contributed by atoms with Crippen molar-refractivity contribution in [2.45, 2.75) is 77.6 Å². The zero-order valence-corrected chi connectivity index (χ0v) is 28.0. The minimum Gasteiger partial charge on any atom is -0.444 e. The molecule has 2 aromatic heterocycles. The SMILES string of the molecule is C[C@@H]1CN(CC(=O)N2CC(C)(C)c3ncc(Cc4ccc(F)cc4)cc32)[C@@H](CN2Cc3ncccc3C2=O)CN1C(=O)OC(C)(C)C. The summed E-state index contributed by atoms with van der Waals surface area (Å²) in [5.41, 5.74) is 3.85. The molecular formula is C36H43FN6O4. The predicted octanol–water partition coefficient (Wildman–Crippen LogP) is 4.80. The summed E-state index contributed by atoms with van der Waals surface area (Å²) in [6.07, 6.45) is 3.68. The molecule has 10 nitrogen and oxygen atoms in total. The van der Waals surface area contributed by atoms with Gasteiger partial charge in [-0.3, -0.25) is 24.5 Å². The van der Waals surface area contributed by atoms with Crippen LogP contribution < -0.4 is 4.90 Å². The van der Waals surface area contributed by atoms with E-state index in [9.17, 15) is 18.8 Å². The van der Waals surface area contributed by atoms with E-state index in [0.29, 0.717) is 44.7 Å². The van der Waals surface area contributed by atoms with E-state index in [-0.39, 0.29) is 41.7 Å². The molecule has 1 aromatic carbocycles. The average molecular weight is 643 g/mol. The topological polar surface area (TPSA) is 99.2 Å². The molecule has 3 aromatic rings. The molecule has 1 fully saturated rings. The fourth-order valence-electron chi connectivity index (χ4n) is 6.83. The second kappa shape index (κ2) is 12.3. The molecule has 3 aliphatic heterocycles. The number of hydrogen-bond acceptors (Lipinski definition) is 7. The third-order valence-electron chi connectivity index (χ3n) is 9.13. The summed E-state index contributed by atoms with van der Waals surface area (Å²) in [7, 11) is 0. The Labute approximate surface area is 275 Å². The fourth-order valence-corrected chi connectivity index (χ4v) is 6.83. The van der Waals surface area contributed by atoms with Crippen LogP contribution in [0.25, 0.3) is 0 Å². The monoisotopic (exact) mass is 642 g/mol. The molecule has 248 valence electrons. The Bertz CT molecular complexity index is 1690. The molecule has 11 heteroatoms. The molecule has 5 heterocycles. The van der Waals surface area contributed by atoms with Gasteiger partial charge in [-0.15, -0.1) is 0 Å². The Kier molecular flexibility index (Phi) is 8.54. The fraction of sp³-hybridized carbons (Fsp3) is 0.472. The number of benzene rings is 1. The predicted molar refractivity (Wildman–Crippen MR) is 176 cm³/mol. The van der Waals surface area contributed by atoms with Crippen LogP contribution in [0, 0.1) is 5.82 Å². The van der Waals surface area contributed by atoms with Crippen LogP contribution in [0.3, 0.4) is 0 Å². The molecule has 2 atom stereocenters. The summed E-state index contributed by atoms with van der Waals surface area (Å²) < 4.78 is 19.2. The number of anilines is 1. The molecule has 6 rings (SSSR count). The van der Waals surface area contributed by atoms with Gasteiger partial charge in [0.25, 0.3) is 5.91 Å². The smallest absolute Gasteiger partial charge is 0.410 e. The van der Waals surface area contributed by atoms with Crippen LogP contribution in [-0.2, 0) is 27.9 Å². The van der Waals surface area contributed by atoms with Crippen LogP contribution in [0.5, 0.6) is 0 Å². The number of halogens is 1. The zero-order chi connectivity index (χ0) is 33.7. The number of piperazine rings is 1. The Hall–Kier alpha value is -4.38. The lowest BCUT2D eigenvalue weighted by Gasteiger charge is -2.46. The van der Waals surface area contributed by atoms with E-state index in [1.165, 1.54) is 12.1 Å². The van der Waals surface area contributed by atoms with E-state index in [0.717, 1.165) is 28.2 Å². The van der Waals surface area contributed by atoms with Crippen LogP contribution in [0.1, 0.15) is 74.4 Å². The highest BCUT2D eigenvalue weighted by molar-refractivity contribution is 5.98. The third-order valence-corrected chi connectivity index (χ3v) is 9.13. The van der Waals surface area contributed by atoms with E-state index < -0.39 is 11.7 Å². The van der Waals surface area contributed by atoms with Crippen molar-refractivity contribution in [2.24, 2.45) is 0 Å². The largest absolute Gasteiger partial charge is 0.444 e. The lowest BCUT2D eigenvalue weighted by atomic mass is 9.91. The van der Waals surface area contributed by atoms with Gasteiger partial charge in [0.1, 0.15) is 11.4 Å². The number of fused-ring (bicyclic) bond motifs is 2. The number of pyridine rings is 2. The summed E-state index contributed by atoms with van der Waals surface area (Å²) in [6, 6.07) is 11.4. The first kappa shape index (κ1) is 32.6. The Balaban J connectivity index is 1.24. The van der Waals surface area contributed by atoms with E-state index in [2.05, 4.69) is 23.7 Å². The van der Waals surface area contributed by atoms with Crippen molar-refractivity contribution in [3.63, 3.8) is 0 Å². The van der Waals surface area contributed by atoms with Gasteiger partial charge in [0.05, 0.1) is 35.7 Å². The van der Waals surface area contributed by atoms with E-state index in [1.54, 1.807) is 40.3 Å². The van der Waals surface area contributed by atoms with Gasteiger partial charge < -0.3 is 19.4 Å². The maximum atomic E-state index is 14.2. The molecule has 0 bridgehead atoms. The summed E-state index contributed by atoms with van der Waals surface area (Å²) in [4.78, 5) is 57.4. The average Bonchev–Trinajstić information content (AvgIpc) is 3.46. The first-order chi connectivity index (χ1) is 22.2. The van der Waals surface area contributed by atoms with Crippen molar-refractivity contribution in [1.29, 1.82) is 0 Å². The quantitative estimate of drug-likeness (QED) is 0.381. The first-order valence-electron chi connectivity index (χ1n) is 16.2. The van der Waals surface area contributed by atoms with Gasteiger partial charge >= 0.3 is 6.09 Å². The molecule has 3 aliphatic rings. The van der Waals surface area contributed by atoms with Crippen molar-refractivity contribution < 1.29 is 23.5 Å². The second-order valence-electron chi connectivity index (χ2n) is 14.6. The molecule has 0 spiro atoms. The van der Waals surface area contributed by atoms with Gasteiger partial charge in [-0.25, -0.2) is 9.18 Å². The van der Waals surface area contributed by atoms with Crippen molar-refractivity contribution in [3.8, 4) is 0 Å². The number of nitrogens with zero attached hydrogens (tertiary/aromatic N) is 6. The van der Waals surface area contributed by atoms with E-state index >= 15 is 0 Å². The highest BCUT2D eigenvalue weighted by atomic mass is 19.1. The minimum atomic E-state index is -0.656. The highest BCUT2D eigenvalue weighted by Gasteiger charge is 2.43. The number of amides is 3. The first-order valence-corrected chi connectivity index (χ1v) is 16.2. The van der Waals surface area contributed by atoms with Gasteiger partial charge in [0.2, 0.25) is 5.91 Å². The van der Waals surface area contributed by atoms with Crippen LogP contribution in [0.15, 0.2) is 54.9 Å². The van der Waals surface area contributed by atoms with Crippen LogP contribution in [-0.4, -0.2) is 93.0 Å². The standard InChI is InChI=1S/C36H43FN6O4/c1-23-17-40(27(19-42(23)34(46)47-35(2,3)4)18-41-20-29-28(33(41)45)8-7-13-38-29)21-31(44)43-22-36(5,6)32-30(43)15-25(16-39-32)14-24-9-11-26(37)12-10-24/h7-13,15-16,23,27H,14,17-22H2,1-6H3/t23-,27+/m1/s1. The number of carbonyl (C=O) groups excluding carboxylic acids is 3. The van der Waals surface area contributed by atoms with Gasteiger partial charge in [0.15, 0.2) is 0 Å². The van der Waals surface area contributed by atoms with Gasteiger partial charge in [-0.1, -0.05) is 26.0 Å². The molecule has 3 amide bonds. The van der Waals surface area contributed by atoms with Gasteiger partial charge in [0, 0.05) is 56.1 Å². The molecule has 0 unspecified atom stereocenters. The molecule has 0 N–H and O–H groups in total. The molecule has 0 radical (unpaired) electrons. The zero-order valence-electron chi connectivity index (χ0n) is 28.0. The van der Waals surface area contributed by atoms with Crippen LogP contribution in [0.2, 0.25) is 0 Å².